The molecule has 2 heterocycles. The van der Waals surface area contributed by atoms with Crippen molar-refractivity contribution in [3.05, 3.63) is 59.3 Å². The molecule has 2 amide bonds. The first-order valence-corrected chi connectivity index (χ1v) is 11.6. The maximum atomic E-state index is 13.8. The summed E-state index contributed by atoms with van der Waals surface area (Å²) < 4.78 is 5.26. The van der Waals surface area contributed by atoms with Crippen molar-refractivity contribution < 1.29 is 14.3 Å². The van der Waals surface area contributed by atoms with Crippen molar-refractivity contribution in [2.24, 2.45) is 17.8 Å². The van der Waals surface area contributed by atoms with Gasteiger partial charge < -0.3 is 9.72 Å². The van der Waals surface area contributed by atoms with Crippen LogP contribution in [-0.4, -0.2) is 23.9 Å². The van der Waals surface area contributed by atoms with E-state index in [1.165, 1.54) is 27.8 Å². The lowest BCUT2D eigenvalue weighted by Gasteiger charge is -2.43. The summed E-state index contributed by atoms with van der Waals surface area (Å²) in [6.07, 6.45) is 3.24. The predicted molar refractivity (Wildman–Crippen MR) is 124 cm³/mol. The Morgan fingerprint density at radius 3 is 2.56 bits per heavy atom. The number of fused-ring (bicyclic) bond motifs is 8. The number of aryl methyl sites for hydroxylation is 1. The van der Waals surface area contributed by atoms with E-state index in [-0.39, 0.29) is 23.7 Å². The number of nitrogens with one attached hydrogen (secondary N) is 1. The lowest BCUT2D eigenvalue weighted by Crippen LogP contribution is -2.39. The molecule has 2 aromatic carbocycles. The number of ether oxygens (including phenoxy) is 1. The Bertz CT molecular complexity index is 1240. The second-order valence-corrected chi connectivity index (χ2v) is 9.90. The minimum absolute atomic E-state index is 0.0465. The number of benzene rings is 2. The number of nitrogens with zero attached hydrogens (tertiary/aromatic N) is 1. The molecule has 1 saturated heterocycles. The standard InChI is InChI=1S/C27H28N2O3/c1-14-4-10-18-19(12-14)23-24(25-22(18)20-13-15(2)5-11-21(20)28-25)27(31)29(26(23)30)16-6-8-17(32-3)9-7-16/h5-9,11,13-14,18-19,23-24,28H,4,10,12H2,1-3H3/t14-,18-,19-,23-,24+/m0/s1. The summed E-state index contributed by atoms with van der Waals surface area (Å²) in [5.41, 5.74) is 5.18. The third-order valence-electron chi connectivity index (χ3n) is 8.01. The number of H-pyrrole nitrogens is 1. The molecule has 1 aliphatic heterocycles. The highest BCUT2D eigenvalue weighted by Gasteiger charge is 2.58. The van der Waals surface area contributed by atoms with E-state index in [1.54, 1.807) is 19.2 Å². The third-order valence-corrected chi connectivity index (χ3v) is 8.01. The molecule has 0 bridgehead atoms. The molecule has 0 unspecified atom stereocenters. The fourth-order valence-corrected chi connectivity index (χ4v) is 6.58. The Hall–Kier alpha value is -3.08. The van der Waals surface area contributed by atoms with E-state index in [4.69, 9.17) is 4.74 Å². The summed E-state index contributed by atoms with van der Waals surface area (Å²) in [7, 11) is 1.61. The minimum atomic E-state index is -0.432. The SMILES string of the molecule is COc1ccc(N2C(=O)[C@H]3[C@H]4C[C@@H](C)CC[C@@H]4c4c([nH]c5ccc(C)cc45)[C@@H]3C2=O)cc1. The first kappa shape index (κ1) is 19.6. The van der Waals surface area contributed by atoms with Crippen molar-refractivity contribution in [3.8, 4) is 5.75 Å². The van der Waals surface area contributed by atoms with Crippen molar-refractivity contribution >= 4 is 28.4 Å². The van der Waals surface area contributed by atoms with Gasteiger partial charge in [0.15, 0.2) is 0 Å². The Kier molecular flexibility index (Phi) is 4.26. The molecule has 6 rings (SSSR count). The van der Waals surface area contributed by atoms with E-state index in [2.05, 4.69) is 37.0 Å². The topological polar surface area (TPSA) is 62.4 Å². The summed E-state index contributed by atoms with van der Waals surface area (Å²) in [5, 5.41) is 1.23. The zero-order valence-corrected chi connectivity index (χ0v) is 18.7. The smallest absolute Gasteiger partial charge is 0.243 e. The molecule has 3 aliphatic rings. The normalized spacial score (nSPS) is 29.1. The molecular formula is C27H28N2O3. The van der Waals surface area contributed by atoms with Crippen LogP contribution in [0.5, 0.6) is 5.75 Å². The molecular weight excluding hydrogens is 400 g/mol. The number of methoxy groups -OCH3 is 1. The van der Waals surface area contributed by atoms with Gasteiger partial charge >= 0.3 is 0 Å². The number of amides is 2. The van der Waals surface area contributed by atoms with E-state index in [9.17, 15) is 9.59 Å². The zero-order chi connectivity index (χ0) is 22.1. The molecule has 5 nitrogen and oxygen atoms in total. The number of aromatic amines is 1. The van der Waals surface area contributed by atoms with Gasteiger partial charge in [-0.1, -0.05) is 25.0 Å². The number of anilines is 1. The summed E-state index contributed by atoms with van der Waals surface area (Å²) in [6.45, 7) is 4.39. The van der Waals surface area contributed by atoms with Crippen LogP contribution in [0.1, 0.15) is 54.8 Å². The number of hydrogen-bond acceptors (Lipinski definition) is 3. The Balaban J connectivity index is 1.53. The highest BCUT2D eigenvalue weighted by atomic mass is 16.5. The highest BCUT2D eigenvalue weighted by Crippen LogP contribution is 2.58. The number of hydrogen-bond donors (Lipinski definition) is 1. The van der Waals surface area contributed by atoms with Crippen LogP contribution in [0, 0.1) is 24.7 Å². The molecule has 2 fully saturated rings. The first-order valence-electron chi connectivity index (χ1n) is 11.6. The molecule has 0 spiro atoms. The van der Waals surface area contributed by atoms with Crippen LogP contribution in [0.2, 0.25) is 0 Å². The molecule has 5 heteroatoms. The van der Waals surface area contributed by atoms with Gasteiger partial charge in [0.05, 0.1) is 24.6 Å². The number of rotatable bonds is 2. The van der Waals surface area contributed by atoms with Gasteiger partial charge in [-0.3, -0.25) is 9.59 Å². The molecule has 0 radical (unpaired) electrons. The van der Waals surface area contributed by atoms with Gasteiger partial charge in [0, 0.05) is 16.6 Å². The lowest BCUT2D eigenvalue weighted by atomic mass is 9.59. The van der Waals surface area contributed by atoms with Gasteiger partial charge in [-0.2, -0.15) is 0 Å². The van der Waals surface area contributed by atoms with Crippen molar-refractivity contribution in [2.45, 2.75) is 44.9 Å². The predicted octanol–water partition coefficient (Wildman–Crippen LogP) is 5.29. The number of carbonyl (C=O) groups is 2. The Morgan fingerprint density at radius 2 is 1.81 bits per heavy atom. The van der Waals surface area contributed by atoms with E-state index < -0.39 is 5.92 Å². The van der Waals surface area contributed by atoms with Crippen LogP contribution < -0.4 is 9.64 Å². The maximum Gasteiger partial charge on any atom is 0.243 e. The average molecular weight is 429 g/mol. The summed E-state index contributed by atoms with van der Waals surface area (Å²) in [4.78, 5) is 32.6. The molecule has 164 valence electrons. The molecule has 3 aromatic rings. The molecule has 1 N–H and O–H groups in total. The molecule has 32 heavy (non-hydrogen) atoms. The number of imide groups is 1. The summed E-state index contributed by atoms with van der Waals surface area (Å²) in [6, 6.07) is 13.7. The molecule has 2 aliphatic carbocycles. The van der Waals surface area contributed by atoms with Gasteiger partial charge in [-0.05, 0) is 79.5 Å². The van der Waals surface area contributed by atoms with E-state index in [1.807, 2.05) is 12.1 Å². The van der Waals surface area contributed by atoms with Crippen molar-refractivity contribution in [2.75, 3.05) is 12.0 Å². The van der Waals surface area contributed by atoms with E-state index >= 15 is 0 Å². The monoisotopic (exact) mass is 428 g/mol. The van der Waals surface area contributed by atoms with Gasteiger partial charge in [0.1, 0.15) is 5.75 Å². The van der Waals surface area contributed by atoms with Crippen LogP contribution in [0.15, 0.2) is 42.5 Å². The third kappa shape index (κ3) is 2.63. The van der Waals surface area contributed by atoms with Gasteiger partial charge in [-0.15, -0.1) is 0 Å². The van der Waals surface area contributed by atoms with Gasteiger partial charge in [0.25, 0.3) is 0 Å². The van der Waals surface area contributed by atoms with Crippen LogP contribution in [0.4, 0.5) is 5.69 Å². The quantitative estimate of drug-likeness (QED) is 0.564. The maximum absolute atomic E-state index is 13.8. The summed E-state index contributed by atoms with van der Waals surface area (Å²) >= 11 is 0. The minimum Gasteiger partial charge on any atom is -0.497 e. The molecule has 1 saturated carbocycles. The largest absolute Gasteiger partial charge is 0.497 e. The van der Waals surface area contributed by atoms with Gasteiger partial charge in [0.2, 0.25) is 11.8 Å². The van der Waals surface area contributed by atoms with Gasteiger partial charge in [-0.25, -0.2) is 4.90 Å². The van der Waals surface area contributed by atoms with Crippen molar-refractivity contribution in [3.63, 3.8) is 0 Å². The molecule has 1 aromatic heterocycles. The summed E-state index contributed by atoms with van der Waals surface area (Å²) in [5.74, 6) is 0.933. The van der Waals surface area contributed by atoms with Crippen LogP contribution in [0.25, 0.3) is 10.9 Å². The average Bonchev–Trinajstić information content (AvgIpc) is 3.28. The Labute approximate surface area is 187 Å². The van der Waals surface area contributed by atoms with Crippen molar-refractivity contribution in [1.29, 1.82) is 0 Å². The fraction of sp³-hybridized carbons (Fsp3) is 0.407. The second-order valence-electron chi connectivity index (χ2n) is 9.90. The second kappa shape index (κ2) is 6.96. The lowest BCUT2D eigenvalue weighted by molar-refractivity contribution is -0.123. The number of aromatic nitrogens is 1. The van der Waals surface area contributed by atoms with Crippen molar-refractivity contribution in [1.82, 2.24) is 4.98 Å². The van der Waals surface area contributed by atoms with Crippen LogP contribution in [-0.2, 0) is 9.59 Å². The van der Waals surface area contributed by atoms with Crippen LogP contribution in [0.3, 0.4) is 0 Å². The Morgan fingerprint density at radius 1 is 1.03 bits per heavy atom. The van der Waals surface area contributed by atoms with E-state index in [0.29, 0.717) is 23.3 Å². The number of carbonyl (C=O) groups excluding carboxylic acids is 2. The highest BCUT2D eigenvalue weighted by molar-refractivity contribution is 6.24. The zero-order valence-electron chi connectivity index (χ0n) is 18.7. The first-order chi connectivity index (χ1) is 15.5. The molecule has 5 atom stereocenters. The van der Waals surface area contributed by atoms with E-state index in [0.717, 1.165) is 24.1 Å². The fourth-order valence-electron chi connectivity index (χ4n) is 6.58. The van der Waals surface area contributed by atoms with Crippen LogP contribution >= 0.6 is 0 Å².